The molecule has 0 atom stereocenters. The number of nitrogens with one attached hydrogen (secondary N) is 2. The summed E-state index contributed by atoms with van der Waals surface area (Å²) < 4.78 is 1.19. The summed E-state index contributed by atoms with van der Waals surface area (Å²) in [6, 6.07) is 15.4. The van der Waals surface area contributed by atoms with E-state index in [1.807, 2.05) is 48.5 Å². The van der Waals surface area contributed by atoms with Crippen LogP contribution in [0.2, 0.25) is 0 Å². The van der Waals surface area contributed by atoms with Crippen LogP contribution < -0.4 is 10.7 Å². The maximum absolute atomic E-state index is 10.9. The molecule has 2 N–H and O–H groups in total. The van der Waals surface area contributed by atoms with Crippen molar-refractivity contribution in [3.8, 4) is 0 Å². The molecule has 0 aliphatic heterocycles. The Labute approximate surface area is 131 Å². The summed E-state index contributed by atoms with van der Waals surface area (Å²) in [5.41, 5.74) is 5.64. The molecule has 0 radical (unpaired) electrons. The summed E-state index contributed by atoms with van der Waals surface area (Å²) in [7, 11) is 0. The van der Waals surface area contributed by atoms with Gasteiger partial charge in [0.2, 0.25) is 5.91 Å². The van der Waals surface area contributed by atoms with Gasteiger partial charge in [0.05, 0.1) is 11.9 Å². The van der Waals surface area contributed by atoms with Crippen molar-refractivity contribution in [2.75, 3.05) is 10.7 Å². The normalized spacial score (nSPS) is 10.5. The smallest absolute Gasteiger partial charge is 0.221 e. The molecule has 0 fully saturated rings. The number of hydrogen-bond acceptors (Lipinski definition) is 3. The number of hydrazone groups is 1. The van der Waals surface area contributed by atoms with Crippen LogP contribution in [0.15, 0.2) is 53.6 Å². The van der Waals surface area contributed by atoms with E-state index in [0.717, 1.165) is 16.9 Å². The molecule has 20 heavy (non-hydrogen) atoms. The number of carbonyl (C=O) groups excluding carboxylic acids is 1. The van der Waals surface area contributed by atoms with E-state index in [1.54, 1.807) is 6.21 Å². The first-order valence-corrected chi connectivity index (χ1v) is 7.14. The van der Waals surface area contributed by atoms with Crippen LogP contribution in [0.5, 0.6) is 0 Å². The Morgan fingerprint density at radius 1 is 1.05 bits per heavy atom. The summed E-state index contributed by atoms with van der Waals surface area (Å²) in [5, 5.41) is 6.89. The molecular weight excluding hydrogens is 365 g/mol. The molecule has 2 aromatic rings. The van der Waals surface area contributed by atoms with Crippen molar-refractivity contribution >= 4 is 46.1 Å². The zero-order valence-electron chi connectivity index (χ0n) is 10.9. The van der Waals surface area contributed by atoms with Crippen molar-refractivity contribution in [3.05, 3.63) is 57.7 Å². The van der Waals surface area contributed by atoms with Crippen LogP contribution in [0, 0.1) is 3.57 Å². The van der Waals surface area contributed by atoms with Crippen LogP contribution in [-0.2, 0) is 4.79 Å². The van der Waals surface area contributed by atoms with Crippen molar-refractivity contribution in [1.82, 2.24) is 0 Å². The van der Waals surface area contributed by atoms with Crippen molar-refractivity contribution < 1.29 is 4.79 Å². The highest BCUT2D eigenvalue weighted by Crippen LogP contribution is 2.11. The zero-order valence-corrected chi connectivity index (χ0v) is 13.1. The SMILES string of the molecule is CC(=O)Nc1ccc(C=NNc2ccc(I)cc2)cc1. The molecule has 4 nitrogen and oxygen atoms in total. The van der Waals surface area contributed by atoms with Crippen LogP contribution in [0.3, 0.4) is 0 Å². The number of rotatable bonds is 4. The minimum atomic E-state index is -0.0770. The average Bonchev–Trinajstić information content (AvgIpc) is 2.42. The monoisotopic (exact) mass is 379 g/mol. The number of halogens is 1. The van der Waals surface area contributed by atoms with E-state index < -0.39 is 0 Å². The summed E-state index contributed by atoms with van der Waals surface area (Å²) in [5.74, 6) is -0.0770. The Bertz CT molecular complexity index is 606. The Kier molecular flexibility index (Phi) is 5.11. The Hall–Kier alpha value is -1.89. The number of amides is 1. The molecule has 0 saturated heterocycles. The predicted octanol–water partition coefficient (Wildman–Crippen LogP) is 3.70. The van der Waals surface area contributed by atoms with Gasteiger partial charge in [-0.05, 0) is 64.6 Å². The molecule has 0 unspecified atom stereocenters. The van der Waals surface area contributed by atoms with Gasteiger partial charge in [0, 0.05) is 16.2 Å². The minimum Gasteiger partial charge on any atom is -0.326 e. The largest absolute Gasteiger partial charge is 0.326 e. The number of nitrogens with zero attached hydrogens (tertiary/aromatic N) is 1. The van der Waals surface area contributed by atoms with Crippen LogP contribution in [0.25, 0.3) is 0 Å². The lowest BCUT2D eigenvalue weighted by Gasteiger charge is -2.02. The van der Waals surface area contributed by atoms with Crippen molar-refractivity contribution in [2.24, 2.45) is 5.10 Å². The first-order chi connectivity index (χ1) is 9.63. The number of anilines is 2. The minimum absolute atomic E-state index is 0.0770. The molecule has 0 heterocycles. The molecule has 0 aliphatic carbocycles. The van der Waals surface area contributed by atoms with E-state index in [2.05, 4.69) is 38.4 Å². The summed E-state index contributed by atoms with van der Waals surface area (Å²) in [6.45, 7) is 1.49. The van der Waals surface area contributed by atoms with Gasteiger partial charge in [-0.3, -0.25) is 10.2 Å². The maximum atomic E-state index is 10.9. The Balaban J connectivity index is 1.94. The third kappa shape index (κ3) is 4.65. The molecule has 0 bridgehead atoms. The molecule has 0 aliphatic rings. The molecule has 0 saturated carbocycles. The average molecular weight is 379 g/mol. The standard InChI is InChI=1S/C15H14IN3O/c1-11(20)18-14-6-2-12(3-7-14)10-17-19-15-8-4-13(16)5-9-15/h2-10,19H,1H3,(H,18,20). The molecule has 1 amide bonds. The summed E-state index contributed by atoms with van der Waals surface area (Å²) in [6.07, 6.45) is 1.73. The Morgan fingerprint density at radius 3 is 2.25 bits per heavy atom. The maximum Gasteiger partial charge on any atom is 0.221 e. The molecule has 102 valence electrons. The van der Waals surface area contributed by atoms with E-state index >= 15 is 0 Å². The van der Waals surface area contributed by atoms with Gasteiger partial charge >= 0.3 is 0 Å². The summed E-state index contributed by atoms with van der Waals surface area (Å²) in [4.78, 5) is 10.9. The number of hydrogen-bond donors (Lipinski definition) is 2. The van der Waals surface area contributed by atoms with E-state index in [4.69, 9.17) is 0 Å². The van der Waals surface area contributed by atoms with E-state index in [9.17, 15) is 4.79 Å². The third-order valence-electron chi connectivity index (χ3n) is 2.48. The van der Waals surface area contributed by atoms with Crippen molar-refractivity contribution in [2.45, 2.75) is 6.92 Å². The molecule has 2 rings (SSSR count). The van der Waals surface area contributed by atoms with Crippen molar-refractivity contribution in [1.29, 1.82) is 0 Å². The zero-order chi connectivity index (χ0) is 14.4. The number of carbonyl (C=O) groups is 1. The first kappa shape index (κ1) is 14.5. The fourth-order valence-corrected chi connectivity index (χ4v) is 1.92. The van der Waals surface area contributed by atoms with Crippen LogP contribution >= 0.6 is 22.6 Å². The second-order valence-electron chi connectivity index (χ2n) is 4.18. The Morgan fingerprint density at radius 2 is 1.65 bits per heavy atom. The van der Waals surface area contributed by atoms with Gasteiger partial charge in [0.15, 0.2) is 0 Å². The van der Waals surface area contributed by atoms with Crippen LogP contribution in [0.4, 0.5) is 11.4 Å². The fourth-order valence-electron chi connectivity index (χ4n) is 1.56. The van der Waals surface area contributed by atoms with E-state index in [1.165, 1.54) is 10.5 Å². The van der Waals surface area contributed by atoms with Crippen LogP contribution in [0.1, 0.15) is 12.5 Å². The van der Waals surface area contributed by atoms with Crippen LogP contribution in [-0.4, -0.2) is 12.1 Å². The topological polar surface area (TPSA) is 53.5 Å². The molecule has 2 aromatic carbocycles. The molecule has 0 spiro atoms. The van der Waals surface area contributed by atoms with Gasteiger partial charge in [0.1, 0.15) is 0 Å². The van der Waals surface area contributed by atoms with Gasteiger partial charge in [0.25, 0.3) is 0 Å². The highest BCUT2D eigenvalue weighted by atomic mass is 127. The fraction of sp³-hybridized carbons (Fsp3) is 0.0667. The summed E-state index contributed by atoms with van der Waals surface area (Å²) >= 11 is 2.26. The van der Waals surface area contributed by atoms with Gasteiger partial charge in [-0.2, -0.15) is 5.10 Å². The lowest BCUT2D eigenvalue weighted by Crippen LogP contribution is -2.05. The van der Waals surface area contributed by atoms with E-state index in [0.29, 0.717) is 0 Å². The first-order valence-electron chi connectivity index (χ1n) is 6.06. The van der Waals surface area contributed by atoms with Gasteiger partial charge < -0.3 is 5.32 Å². The van der Waals surface area contributed by atoms with Gasteiger partial charge in [-0.15, -0.1) is 0 Å². The lowest BCUT2D eigenvalue weighted by molar-refractivity contribution is -0.114. The van der Waals surface area contributed by atoms with E-state index in [-0.39, 0.29) is 5.91 Å². The third-order valence-corrected chi connectivity index (χ3v) is 3.20. The molecular formula is C15H14IN3O. The number of benzene rings is 2. The lowest BCUT2D eigenvalue weighted by atomic mass is 10.2. The van der Waals surface area contributed by atoms with Crippen molar-refractivity contribution in [3.63, 3.8) is 0 Å². The van der Waals surface area contributed by atoms with Gasteiger partial charge in [-0.25, -0.2) is 0 Å². The van der Waals surface area contributed by atoms with Gasteiger partial charge in [-0.1, -0.05) is 12.1 Å². The quantitative estimate of drug-likeness (QED) is 0.484. The predicted molar refractivity (Wildman–Crippen MR) is 91.1 cm³/mol. The highest BCUT2D eigenvalue weighted by molar-refractivity contribution is 14.1. The highest BCUT2D eigenvalue weighted by Gasteiger charge is 1.94. The molecule has 0 aromatic heterocycles. The second kappa shape index (κ2) is 7.04. The second-order valence-corrected chi connectivity index (χ2v) is 5.43. The molecule has 5 heteroatoms.